The molecule has 1 atom stereocenters. The van der Waals surface area contributed by atoms with Crippen LogP contribution in [0.1, 0.15) is 49.7 Å². The minimum Gasteiger partial charge on any atom is -0.466 e. The van der Waals surface area contributed by atoms with Crippen LogP contribution in [0.4, 0.5) is 0 Å². The van der Waals surface area contributed by atoms with Gasteiger partial charge in [0.05, 0.1) is 0 Å². The second kappa shape index (κ2) is 8.96. The van der Waals surface area contributed by atoms with E-state index in [1.54, 1.807) is 0 Å². The normalized spacial score (nSPS) is 19.8. The molecule has 0 aromatic carbocycles. The van der Waals surface area contributed by atoms with Crippen LogP contribution >= 0.6 is 0 Å². The fraction of sp³-hybridized carbons (Fsp3) is 0.722. The molecular weight excluding hydrogens is 288 g/mol. The van der Waals surface area contributed by atoms with Crippen LogP contribution in [0.3, 0.4) is 0 Å². The van der Waals surface area contributed by atoms with E-state index in [-0.39, 0.29) is 0 Å². The van der Waals surface area contributed by atoms with Gasteiger partial charge in [0, 0.05) is 38.3 Å². The Morgan fingerprint density at radius 3 is 2.83 bits per heavy atom. The number of nitrogens with zero attached hydrogens (tertiary/aromatic N) is 2. The van der Waals surface area contributed by atoms with E-state index in [9.17, 15) is 0 Å². The Morgan fingerprint density at radius 2 is 2.17 bits per heavy atom. The Balaban J connectivity index is 1.73. The number of piperidine rings is 1. The Bertz CT molecular complexity index is 509. The molecule has 0 bridgehead atoms. The molecule has 5 nitrogen and oxygen atoms in total. The lowest BCUT2D eigenvalue weighted by molar-refractivity contribution is 0.147. The first kappa shape index (κ1) is 17.9. The van der Waals surface area contributed by atoms with Crippen molar-refractivity contribution in [1.29, 1.82) is 0 Å². The van der Waals surface area contributed by atoms with Gasteiger partial charge >= 0.3 is 0 Å². The summed E-state index contributed by atoms with van der Waals surface area (Å²) in [7, 11) is 1.82. The average Bonchev–Trinajstić information content (AvgIpc) is 2.88. The SMILES string of the molecule is CCC1CCCCN1CCNC(=NC)NCc1cc(C)oc1C. The van der Waals surface area contributed by atoms with Crippen molar-refractivity contribution < 1.29 is 4.42 Å². The van der Waals surface area contributed by atoms with Gasteiger partial charge in [0.2, 0.25) is 0 Å². The van der Waals surface area contributed by atoms with Gasteiger partial charge in [-0.05, 0) is 45.7 Å². The van der Waals surface area contributed by atoms with E-state index in [1.165, 1.54) is 37.8 Å². The van der Waals surface area contributed by atoms with E-state index in [2.05, 4.69) is 33.5 Å². The highest BCUT2D eigenvalue weighted by Gasteiger charge is 2.19. The molecule has 1 aromatic rings. The van der Waals surface area contributed by atoms with Gasteiger partial charge in [-0.3, -0.25) is 9.89 Å². The zero-order valence-electron chi connectivity index (χ0n) is 15.1. The molecule has 1 aromatic heterocycles. The molecule has 0 amide bonds. The third-order valence-electron chi connectivity index (χ3n) is 4.73. The molecule has 23 heavy (non-hydrogen) atoms. The molecule has 1 aliphatic heterocycles. The summed E-state index contributed by atoms with van der Waals surface area (Å²) in [6, 6.07) is 2.84. The predicted molar refractivity (Wildman–Crippen MR) is 95.9 cm³/mol. The summed E-state index contributed by atoms with van der Waals surface area (Å²) in [6.45, 7) is 10.3. The van der Waals surface area contributed by atoms with Crippen molar-refractivity contribution in [3.63, 3.8) is 0 Å². The number of aliphatic imine (C=N–C) groups is 1. The van der Waals surface area contributed by atoms with Crippen molar-refractivity contribution in [2.45, 2.75) is 59.0 Å². The van der Waals surface area contributed by atoms with Crippen molar-refractivity contribution in [2.75, 3.05) is 26.7 Å². The fourth-order valence-corrected chi connectivity index (χ4v) is 3.39. The predicted octanol–water partition coefficient (Wildman–Crippen LogP) is 2.83. The number of furan rings is 1. The molecule has 5 heteroatoms. The number of hydrogen-bond donors (Lipinski definition) is 2. The van der Waals surface area contributed by atoms with Gasteiger partial charge in [-0.1, -0.05) is 13.3 Å². The lowest BCUT2D eigenvalue weighted by Gasteiger charge is -2.35. The van der Waals surface area contributed by atoms with Crippen molar-refractivity contribution in [1.82, 2.24) is 15.5 Å². The summed E-state index contributed by atoms with van der Waals surface area (Å²) in [5.41, 5.74) is 1.19. The summed E-state index contributed by atoms with van der Waals surface area (Å²) in [5.74, 6) is 2.79. The van der Waals surface area contributed by atoms with Gasteiger partial charge < -0.3 is 15.1 Å². The lowest BCUT2D eigenvalue weighted by atomic mass is 10.0. The number of likely N-dealkylation sites (tertiary alicyclic amines) is 1. The molecule has 1 unspecified atom stereocenters. The maximum atomic E-state index is 5.56. The maximum Gasteiger partial charge on any atom is 0.191 e. The molecular formula is C18H32N4O. The zero-order chi connectivity index (χ0) is 16.7. The standard InChI is InChI=1S/C18H32N4O/c1-5-17-8-6-7-10-22(17)11-9-20-18(19-4)21-13-16-12-14(2)23-15(16)3/h12,17H,5-11,13H2,1-4H3,(H2,19,20,21). The lowest BCUT2D eigenvalue weighted by Crippen LogP contribution is -2.45. The van der Waals surface area contributed by atoms with E-state index in [4.69, 9.17) is 4.42 Å². The van der Waals surface area contributed by atoms with E-state index < -0.39 is 0 Å². The summed E-state index contributed by atoms with van der Waals surface area (Å²) >= 11 is 0. The van der Waals surface area contributed by atoms with Gasteiger partial charge in [0.15, 0.2) is 5.96 Å². The zero-order valence-corrected chi connectivity index (χ0v) is 15.1. The largest absolute Gasteiger partial charge is 0.466 e. The Labute approximate surface area is 140 Å². The van der Waals surface area contributed by atoms with E-state index >= 15 is 0 Å². The molecule has 2 heterocycles. The average molecular weight is 320 g/mol. The molecule has 1 fully saturated rings. The van der Waals surface area contributed by atoms with E-state index in [1.807, 2.05) is 20.9 Å². The summed E-state index contributed by atoms with van der Waals surface area (Å²) in [6.07, 6.45) is 5.33. The Morgan fingerprint density at radius 1 is 1.35 bits per heavy atom. The third-order valence-corrected chi connectivity index (χ3v) is 4.73. The van der Waals surface area contributed by atoms with Crippen LogP contribution < -0.4 is 10.6 Å². The van der Waals surface area contributed by atoms with E-state index in [0.717, 1.165) is 43.2 Å². The highest BCUT2D eigenvalue weighted by Crippen LogP contribution is 2.18. The van der Waals surface area contributed by atoms with Gasteiger partial charge in [-0.15, -0.1) is 0 Å². The van der Waals surface area contributed by atoms with Crippen LogP contribution in [0.25, 0.3) is 0 Å². The smallest absolute Gasteiger partial charge is 0.191 e. The molecule has 0 radical (unpaired) electrons. The first-order valence-electron chi connectivity index (χ1n) is 8.88. The Hall–Kier alpha value is -1.49. The number of rotatable bonds is 6. The van der Waals surface area contributed by atoms with Crippen LogP contribution in [0.2, 0.25) is 0 Å². The molecule has 130 valence electrons. The topological polar surface area (TPSA) is 52.8 Å². The highest BCUT2D eigenvalue weighted by atomic mass is 16.3. The number of aryl methyl sites for hydroxylation is 2. The molecule has 1 aliphatic rings. The van der Waals surface area contributed by atoms with Crippen LogP contribution in [-0.2, 0) is 6.54 Å². The molecule has 0 spiro atoms. The second-order valence-corrected chi connectivity index (χ2v) is 6.38. The van der Waals surface area contributed by atoms with Crippen molar-refractivity contribution in [2.24, 2.45) is 4.99 Å². The van der Waals surface area contributed by atoms with Gasteiger partial charge in [-0.2, -0.15) is 0 Å². The van der Waals surface area contributed by atoms with Gasteiger partial charge in [0.1, 0.15) is 11.5 Å². The number of hydrogen-bond acceptors (Lipinski definition) is 3. The van der Waals surface area contributed by atoms with Crippen molar-refractivity contribution in [3.05, 3.63) is 23.2 Å². The maximum absolute atomic E-state index is 5.56. The van der Waals surface area contributed by atoms with Crippen LogP contribution in [0.5, 0.6) is 0 Å². The van der Waals surface area contributed by atoms with Crippen LogP contribution in [-0.4, -0.2) is 43.6 Å². The molecule has 2 rings (SSSR count). The monoisotopic (exact) mass is 320 g/mol. The third kappa shape index (κ3) is 5.27. The van der Waals surface area contributed by atoms with Crippen LogP contribution in [0.15, 0.2) is 15.5 Å². The Kier molecular flexibility index (Phi) is 6.96. The second-order valence-electron chi connectivity index (χ2n) is 6.38. The van der Waals surface area contributed by atoms with Crippen LogP contribution in [0, 0.1) is 13.8 Å². The quantitative estimate of drug-likeness (QED) is 0.625. The minimum absolute atomic E-state index is 0.740. The first-order chi connectivity index (χ1) is 11.1. The molecule has 1 saturated heterocycles. The van der Waals surface area contributed by atoms with Gasteiger partial charge in [-0.25, -0.2) is 0 Å². The summed E-state index contributed by atoms with van der Waals surface area (Å²) < 4.78 is 5.56. The minimum atomic E-state index is 0.740. The summed E-state index contributed by atoms with van der Waals surface area (Å²) in [5, 5.41) is 6.79. The number of nitrogens with one attached hydrogen (secondary N) is 2. The van der Waals surface area contributed by atoms with Crippen molar-refractivity contribution in [3.8, 4) is 0 Å². The molecule has 0 aliphatic carbocycles. The first-order valence-corrected chi connectivity index (χ1v) is 8.88. The number of guanidine groups is 1. The summed E-state index contributed by atoms with van der Waals surface area (Å²) in [4.78, 5) is 6.93. The highest BCUT2D eigenvalue weighted by molar-refractivity contribution is 5.79. The van der Waals surface area contributed by atoms with Gasteiger partial charge in [0.25, 0.3) is 0 Å². The molecule has 2 N–H and O–H groups in total. The fourth-order valence-electron chi connectivity index (χ4n) is 3.39. The molecule has 0 saturated carbocycles. The van der Waals surface area contributed by atoms with Crippen molar-refractivity contribution >= 4 is 5.96 Å². The van der Waals surface area contributed by atoms with E-state index in [0.29, 0.717) is 0 Å².